The van der Waals surface area contributed by atoms with E-state index in [4.69, 9.17) is 0 Å². The van der Waals surface area contributed by atoms with Crippen LogP contribution in [-0.4, -0.2) is 35.9 Å². The van der Waals surface area contributed by atoms with Crippen molar-refractivity contribution in [1.82, 2.24) is 9.97 Å². The minimum absolute atomic E-state index is 0.834. The molecule has 5 heteroatoms. The van der Waals surface area contributed by atoms with Gasteiger partial charge in [0.05, 0.1) is 0 Å². The summed E-state index contributed by atoms with van der Waals surface area (Å²) in [5, 5.41) is 4.17. The van der Waals surface area contributed by atoms with Gasteiger partial charge in [-0.2, -0.15) is 0 Å². The van der Waals surface area contributed by atoms with E-state index in [0.29, 0.717) is 0 Å². The average Bonchev–Trinajstić information content (AvgIpc) is 2.42. The molecule has 0 saturated heterocycles. The Morgan fingerprint density at radius 2 is 2.00 bits per heavy atom. The molecule has 18 heavy (non-hydrogen) atoms. The first-order valence-electron chi connectivity index (χ1n) is 6.67. The van der Waals surface area contributed by atoms with Gasteiger partial charge in [0.25, 0.3) is 0 Å². The summed E-state index contributed by atoms with van der Waals surface area (Å²) in [4.78, 5) is 11.4. The van der Waals surface area contributed by atoms with Crippen LogP contribution in [0.15, 0.2) is 11.2 Å². The van der Waals surface area contributed by atoms with Gasteiger partial charge < -0.3 is 10.2 Å². The zero-order valence-electron chi connectivity index (χ0n) is 11.9. The third-order valence-corrected chi connectivity index (χ3v) is 3.18. The van der Waals surface area contributed by atoms with Gasteiger partial charge in [-0.1, -0.05) is 25.6 Å². The number of nitrogens with zero attached hydrogens (tertiary/aromatic N) is 3. The monoisotopic (exact) mass is 268 g/mol. The van der Waals surface area contributed by atoms with Crippen LogP contribution in [-0.2, 0) is 0 Å². The lowest BCUT2D eigenvalue weighted by atomic mass is 10.3. The molecule has 102 valence electrons. The lowest BCUT2D eigenvalue weighted by Crippen LogP contribution is -2.25. The number of nitrogens with one attached hydrogen (secondary N) is 1. The van der Waals surface area contributed by atoms with Gasteiger partial charge in [0, 0.05) is 25.7 Å². The predicted molar refractivity (Wildman–Crippen MR) is 80.8 cm³/mol. The maximum absolute atomic E-state index is 4.59. The zero-order valence-corrected chi connectivity index (χ0v) is 12.7. The highest BCUT2D eigenvalue weighted by Gasteiger charge is 2.09. The first-order valence-corrected chi connectivity index (χ1v) is 7.89. The fourth-order valence-electron chi connectivity index (χ4n) is 1.71. The minimum atomic E-state index is 0.834. The van der Waals surface area contributed by atoms with Crippen LogP contribution in [0.2, 0.25) is 0 Å². The van der Waals surface area contributed by atoms with Crippen molar-refractivity contribution in [2.24, 2.45) is 0 Å². The summed E-state index contributed by atoms with van der Waals surface area (Å²) in [5.74, 6) is 1.96. The van der Waals surface area contributed by atoms with Gasteiger partial charge in [0.2, 0.25) is 0 Å². The number of hydrogen-bond donors (Lipinski definition) is 1. The second-order valence-electron chi connectivity index (χ2n) is 4.10. The number of aromatic nitrogens is 2. The Balaban J connectivity index is 2.94. The van der Waals surface area contributed by atoms with Crippen molar-refractivity contribution in [3.8, 4) is 0 Å². The highest BCUT2D eigenvalue weighted by molar-refractivity contribution is 7.98. The van der Waals surface area contributed by atoms with Crippen molar-refractivity contribution in [3.05, 3.63) is 6.07 Å². The second kappa shape index (κ2) is 8.19. The standard InChI is InChI=1S/C13H24N4S/c1-5-8-14-11-10-12(16-13(15-11)18-4)17(7-3)9-6-2/h10H,5-9H2,1-4H3,(H,14,15,16). The van der Waals surface area contributed by atoms with Crippen LogP contribution in [0, 0.1) is 0 Å². The van der Waals surface area contributed by atoms with Crippen molar-refractivity contribution in [2.45, 2.75) is 38.8 Å². The third-order valence-electron chi connectivity index (χ3n) is 2.63. The van der Waals surface area contributed by atoms with Crippen molar-refractivity contribution in [2.75, 3.05) is 36.1 Å². The summed E-state index contributed by atoms with van der Waals surface area (Å²) in [5.41, 5.74) is 0. The largest absolute Gasteiger partial charge is 0.370 e. The lowest BCUT2D eigenvalue weighted by Gasteiger charge is -2.22. The molecule has 0 atom stereocenters. The molecule has 0 spiro atoms. The van der Waals surface area contributed by atoms with E-state index in [1.165, 1.54) is 0 Å². The summed E-state index contributed by atoms with van der Waals surface area (Å²) >= 11 is 1.59. The second-order valence-corrected chi connectivity index (χ2v) is 4.88. The van der Waals surface area contributed by atoms with Gasteiger partial charge in [-0.3, -0.25) is 0 Å². The van der Waals surface area contributed by atoms with Crippen LogP contribution in [0.4, 0.5) is 11.6 Å². The molecule has 0 aliphatic heterocycles. The summed E-state index contributed by atoms with van der Waals surface area (Å²) in [6.07, 6.45) is 4.24. The summed E-state index contributed by atoms with van der Waals surface area (Å²) in [7, 11) is 0. The van der Waals surface area contributed by atoms with Crippen molar-refractivity contribution >= 4 is 23.4 Å². The number of hydrogen-bond acceptors (Lipinski definition) is 5. The van der Waals surface area contributed by atoms with Crippen molar-refractivity contribution in [1.29, 1.82) is 0 Å². The third kappa shape index (κ3) is 4.37. The highest BCUT2D eigenvalue weighted by atomic mass is 32.2. The molecule has 1 aromatic heterocycles. The first-order chi connectivity index (χ1) is 8.74. The smallest absolute Gasteiger partial charge is 0.191 e. The van der Waals surface area contributed by atoms with E-state index in [0.717, 1.165) is 49.3 Å². The maximum atomic E-state index is 4.59. The SMILES string of the molecule is CCCNc1cc(N(CC)CCC)nc(SC)n1. The molecule has 1 heterocycles. The maximum Gasteiger partial charge on any atom is 0.191 e. The van der Waals surface area contributed by atoms with Gasteiger partial charge in [-0.15, -0.1) is 0 Å². The van der Waals surface area contributed by atoms with E-state index >= 15 is 0 Å². The highest BCUT2D eigenvalue weighted by Crippen LogP contribution is 2.20. The molecular formula is C13H24N4S. The van der Waals surface area contributed by atoms with Gasteiger partial charge in [0.1, 0.15) is 11.6 Å². The van der Waals surface area contributed by atoms with Crippen LogP contribution in [0.5, 0.6) is 0 Å². The number of thioether (sulfide) groups is 1. The number of anilines is 2. The zero-order chi connectivity index (χ0) is 13.4. The topological polar surface area (TPSA) is 41.0 Å². The summed E-state index contributed by atoms with van der Waals surface area (Å²) in [6.45, 7) is 9.47. The Morgan fingerprint density at radius 3 is 2.56 bits per heavy atom. The molecule has 0 unspecified atom stereocenters. The Hall–Kier alpha value is -0.970. The summed E-state index contributed by atoms with van der Waals surface area (Å²) < 4.78 is 0. The van der Waals surface area contributed by atoms with E-state index in [9.17, 15) is 0 Å². The van der Waals surface area contributed by atoms with E-state index in [-0.39, 0.29) is 0 Å². The molecular weight excluding hydrogens is 244 g/mol. The van der Waals surface area contributed by atoms with Crippen LogP contribution >= 0.6 is 11.8 Å². The molecule has 1 rings (SSSR count). The minimum Gasteiger partial charge on any atom is -0.370 e. The molecule has 1 N–H and O–H groups in total. The normalized spacial score (nSPS) is 10.4. The van der Waals surface area contributed by atoms with Crippen LogP contribution in [0.25, 0.3) is 0 Å². The van der Waals surface area contributed by atoms with Crippen LogP contribution < -0.4 is 10.2 Å². The predicted octanol–water partition coefficient (Wildman–Crippen LogP) is 3.26. The fourth-order valence-corrected chi connectivity index (χ4v) is 2.09. The quantitative estimate of drug-likeness (QED) is 0.579. The van der Waals surface area contributed by atoms with Gasteiger partial charge >= 0.3 is 0 Å². The molecule has 1 aromatic rings. The summed E-state index contributed by atoms with van der Waals surface area (Å²) in [6, 6.07) is 2.05. The van der Waals surface area contributed by atoms with Gasteiger partial charge in [-0.05, 0) is 26.0 Å². The fraction of sp³-hybridized carbons (Fsp3) is 0.692. The van der Waals surface area contributed by atoms with Crippen LogP contribution in [0.3, 0.4) is 0 Å². The number of rotatable bonds is 8. The Labute approximate surface area is 115 Å². The van der Waals surface area contributed by atoms with Gasteiger partial charge in [0.15, 0.2) is 5.16 Å². The molecule has 4 nitrogen and oxygen atoms in total. The molecule has 0 aliphatic rings. The molecule has 0 aromatic carbocycles. The average molecular weight is 268 g/mol. The van der Waals surface area contributed by atoms with Crippen molar-refractivity contribution < 1.29 is 0 Å². The molecule has 0 amide bonds. The molecule has 0 fully saturated rings. The van der Waals surface area contributed by atoms with E-state index < -0.39 is 0 Å². The van der Waals surface area contributed by atoms with Crippen molar-refractivity contribution in [3.63, 3.8) is 0 Å². The molecule has 0 aliphatic carbocycles. The van der Waals surface area contributed by atoms with Gasteiger partial charge in [-0.25, -0.2) is 9.97 Å². The Bertz CT molecular complexity index is 357. The molecule has 0 bridgehead atoms. The molecule has 0 saturated carbocycles. The van der Waals surface area contributed by atoms with Crippen LogP contribution in [0.1, 0.15) is 33.6 Å². The lowest BCUT2D eigenvalue weighted by molar-refractivity contribution is 0.764. The van der Waals surface area contributed by atoms with E-state index in [2.05, 4.69) is 47.0 Å². The van der Waals surface area contributed by atoms with E-state index in [1.54, 1.807) is 11.8 Å². The molecule has 0 radical (unpaired) electrons. The van der Waals surface area contributed by atoms with E-state index in [1.807, 2.05) is 6.26 Å². The Kier molecular flexibility index (Phi) is 6.86. The Morgan fingerprint density at radius 1 is 1.22 bits per heavy atom. The first kappa shape index (κ1) is 15.1.